The highest BCUT2D eigenvalue weighted by molar-refractivity contribution is 5.91. The summed E-state index contributed by atoms with van der Waals surface area (Å²) in [7, 11) is 0. The molecular formula is C19H18N2O2. The molecule has 4 nitrogen and oxygen atoms in total. The number of aryl methyl sites for hydroxylation is 1. The molecule has 0 bridgehead atoms. The number of fused-ring (bicyclic) bond motifs is 1. The fourth-order valence-electron chi connectivity index (χ4n) is 2.65. The summed E-state index contributed by atoms with van der Waals surface area (Å²) in [4.78, 5) is 24.7. The lowest BCUT2D eigenvalue weighted by molar-refractivity contribution is -0.116. The second-order valence-corrected chi connectivity index (χ2v) is 5.39. The minimum Gasteiger partial charge on any atom is -0.324 e. The number of rotatable bonds is 4. The van der Waals surface area contributed by atoms with Gasteiger partial charge in [0.1, 0.15) is 6.54 Å². The smallest absolute Gasteiger partial charge is 0.258 e. The minimum atomic E-state index is -0.205. The summed E-state index contributed by atoms with van der Waals surface area (Å²) in [5.41, 5.74) is 1.72. The number of amides is 1. The van der Waals surface area contributed by atoms with Crippen molar-refractivity contribution < 1.29 is 4.79 Å². The van der Waals surface area contributed by atoms with Crippen LogP contribution in [0.25, 0.3) is 10.8 Å². The first kappa shape index (κ1) is 15.0. The van der Waals surface area contributed by atoms with Crippen LogP contribution in [0.2, 0.25) is 0 Å². The minimum absolute atomic E-state index is 0.00170. The number of pyridine rings is 1. The average molecular weight is 306 g/mol. The van der Waals surface area contributed by atoms with Gasteiger partial charge in [0.25, 0.3) is 5.56 Å². The molecule has 1 N–H and O–H groups in total. The third-order valence-electron chi connectivity index (χ3n) is 3.87. The lowest BCUT2D eigenvalue weighted by Crippen LogP contribution is -2.27. The van der Waals surface area contributed by atoms with Crippen molar-refractivity contribution in [1.29, 1.82) is 0 Å². The standard InChI is InChI=1S/C19H18N2O2/c1-2-14-7-4-6-10-17(14)20-18(22)13-21-12-11-15-8-3-5-9-16(15)19(21)23/h3-12H,2,13H2,1H3,(H,20,22). The van der Waals surface area contributed by atoms with Crippen molar-refractivity contribution in [3.05, 3.63) is 76.7 Å². The van der Waals surface area contributed by atoms with Crippen molar-refractivity contribution in [1.82, 2.24) is 4.57 Å². The number of carbonyl (C=O) groups excluding carboxylic acids is 1. The van der Waals surface area contributed by atoms with E-state index < -0.39 is 0 Å². The molecule has 1 heterocycles. The molecule has 0 atom stereocenters. The molecule has 0 aliphatic heterocycles. The predicted octanol–water partition coefficient (Wildman–Crippen LogP) is 3.20. The van der Waals surface area contributed by atoms with Gasteiger partial charge in [0.15, 0.2) is 0 Å². The zero-order chi connectivity index (χ0) is 16.2. The first-order valence-electron chi connectivity index (χ1n) is 7.65. The predicted molar refractivity (Wildman–Crippen MR) is 92.7 cm³/mol. The van der Waals surface area contributed by atoms with Crippen molar-refractivity contribution >= 4 is 22.4 Å². The number of para-hydroxylation sites is 1. The number of nitrogens with zero attached hydrogens (tertiary/aromatic N) is 1. The van der Waals surface area contributed by atoms with Gasteiger partial charge in [-0.1, -0.05) is 43.3 Å². The molecule has 3 rings (SSSR count). The summed E-state index contributed by atoms with van der Waals surface area (Å²) in [6, 6.07) is 16.9. The van der Waals surface area contributed by atoms with Gasteiger partial charge in [0.05, 0.1) is 0 Å². The summed E-state index contributed by atoms with van der Waals surface area (Å²) >= 11 is 0. The van der Waals surface area contributed by atoms with Gasteiger partial charge in [0.2, 0.25) is 5.91 Å². The van der Waals surface area contributed by atoms with E-state index in [0.717, 1.165) is 23.1 Å². The molecule has 1 amide bonds. The van der Waals surface area contributed by atoms with E-state index in [-0.39, 0.29) is 18.0 Å². The maximum Gasteiger partial charge on any atom is 0.258 e. The Balaban J connectivity index is 1.83. The van der Waals surface area contributed by atoms with Gasteiger partial charge in [-0.3, -0.25) is 9.59 Å². The third-order valence-corrected chi connectivity index (χ3v) is 3.87. The normalized spacial score (nSPS) is 10.7. The molecule has 0 saturated carbocycles. The number of hydrogen-bond acceptors (Lipinski definition) is 2. The van der Waals surface area contributed by atoms with Crippen LogP contribution in [0.15, 0.2) is 65.6 Å². The van der Waals surface area contributed by atoms with Crippen molar-refractivity contribution in [2.75, 3.05) is 5.32 Å². The first-order chi connectivity index (χ1) is 11.2. The van der Waals surface area contributed by atoms with Crippen LogP contribution in [-0.2, 0) is 17.8 Å². The number of carbonyl (C=O) groups is 1. The fourth-order valence-corrected chi connectivity index (χ4v) is 2.65. The Hall–Kier alpha value is -2.88. The molecule has 23 heavy (non-hydrogen) atoms. The van der Waals surface area contributed by atoms with Crippen molar-refractivity contribution in [3.63, 3.8) is 0 Å². The van der Waals surface area contributed by atoms with Gasteiger partial charge >= 0.3 is 0 Å². The Morgan fingerprint density at radius 3 is 2.61 bits per heavy atom. The van der Waals surface area contributed by atoms with Gasteiger partial charge in [0, 0.05) is 17.3 Å². The van der Waals surface area contributed by atoms with Crippen LogP contribution in [-0.4, -0.2) is 10.5 Å². The van der Waals surface area contributed by atoms with Crippen LogP contribution in [0.3, 0.4) is 0 Å². The largest absolute Gasteiger partial charge is 0.324 e. The van der Waals surface area contributed by atoms with Gasteiger partial charge in [-0.25, -0.2) is 0 Å². The zero-order valence-corrected chi connectivity index (χ0v) is 13.0. The molecule has 0 unspecified atom stereocenters. The highest BCUT2D eigenvalue weighted by Gasteiger charge is 2.09. The number of aromatic nitrogens is 1. The highest BCUT2D eigenvalue weighted by Crippen LogP contribution is 2.15. The fraction of sp³-hybridized carbons (Fsp3) is 0.158. The highest BCUT2D eigenvalue weighted by atomic mass is 16.2. The molecule has 0 spiro atoms. The molecule has 0 saturated heterocycles. The van der Waals surface area contributed by atoms with Gasteiger partial charge in [-0.2, -0.15) is 0 Å². The van der Waals surface area contributed by atoms with Crippen LogP contribution in [0.4, 0.5) is 5.69 Å². The van der Waals surface area contributed by atoms with E-state index in [2.05, 4.69) is 5.32 Å². The van der Waals surface area contributed by atoms with E-state index in [1.54, 1.807) is 12.3 Å². The summed E-state index contributed by atoms with van der Waals surface area (Å²) < 4.78 is 1.44. The van der Waals surface area contributed by atoms with E-state index in [1.807, 2.05) is 55.5 Å². The van der Waals surface area contributed by atoms with E-state index >= 15 is 0 Å². The van der Waals surface area contributed by atoms with Crippen molar-refractivity contribution in [3.8, 4) is 0 Å². The maximum absolute atomic E-state index is 12.4. The van der Waals surface area contributed by atoms with E-state index in [1.165, 1.54) is 4.57 Å². The number of nitrogens with one attached hydrogen (secondary N) is 1. The summed E-state index contributed by atoms with van der Waals surface area (Å²) in [6.45, 7) is 2.04. The van der Waals surface area contributed by atoms with E-state index in [9.17, 15) is 9.59 Å². The molecule has 3 aromatic rings. The van der Waals surface area contributed by atoms with Gasteiger partial charge in [-0.15, -0.1) is 0 Å². The van der Waals surface area contributed by atoms with Gasteiger partial charge < -0.3 is 9.88 Å². The van der Waals surface area contributed by atoms with Crippen molar-refractivity contribution in [2.24, 2.45) is 0 Å². The summed E-state index contributed by atoms with van der Waals surface area (Å²) in [5, 5.41) is 4.39. The second kappa shape index (κ2) is 6.48. The van der Waals surface area contributed by atoms with E-state index in [4.69, 9.17) is 0 Å². The first-order valence-corrected chi connectivity index (χ1v) is 7.65. The lowest BCUT2D eigenvalue weighted by atomic mass is 10.1. The van der Waals surface area contributed by atoms with Crippen LogP contribution in [0, 0.1) is 0 Å². The van der Waals surface area contributed by atoms with Crippen molar-refractivity contribution in [2.45, 2.75) is 19.9 Å². The van der Waals surface area contributed by atoms with Crippen LogP contribution in [0.1, 0.15) is 12.5 Å². The van der Waals surface area contributed by atoms with Crippen LogP contribution >= 0.6 is 0 Å². The molecule has 1 aromatic heterocycles. The molecule has 0 aliphatic rings. The number of hydrogen-bond donors (Lipinski definition) is 1. The molecular weight excluding hydrogens is 288 g/mol. The Kier molecular flexibility index (Phi) is 4.24. The Bertz CT molecular complexity index is 912. The third kappa shape index (κ3) is 3.16. The Morgan fingerprint density at radius 2 is 1.78 bits per heavy atom. The SMILES string of the molecule is CCc1ccccc1NC(=O)Cn1ccc2ccccc2c1=O. The van der Waals surface area contributed by atoms with Crippen LogP contribution < -0.4 is 10.9 Å². The summed E-state index contributed by atoms with van der Waals surface area (Å²) in [6.07, 6.45) is 2.50. The average Bonchev–Trinajstić information content (AvgIpc) is 2.58. The lowest BCUT2D eigenvalue weighted by Gasteiger charge is -2.11. The molecule has 2 aromatic carbocycles. The Morgan fingerprint density at radius 1 is 1.04 bits per heavy atom. The molecule has 0 fully saturated rings. The molecule has 4 heteroatoms. The monoisotopic (exact) mass is 306 g/mol. The summed E-state index contributed by atoms with van der Waals surface area (Å²) in [5.74, 6) is -0.205. The quantitative estimate of drug-likeness (QED) is 0.804. The molecule has 0 aliphatic carbocycles. The number of anilines is 1. The second-order valence-electron chi connectivity index (χ2n) is 5.39. The zero-order valence-electron chi connectivity index (χ0n) is 13.0. The molecule has 116 valence electrons. The molecule has 0 radical (unpaired) electrons. The topological polar surface area (TPSA) is 51.1 Å². The van der Waals surface area contributed by atoms with E-state index in [0.29, 0.717) is 5.39 Å². The van der Waals surface area contributed by atoms with Crippen LogP contribution in [0.5, 0.6) is 0 Å². The maximum atomic E-state index is 12.4. The van der Waals surface area contributed by atoms with Gasteiger partial charge in [-0.05, 0) is 35.6 Å². The Labute approximate surface area is 134 Å². The number of benzene rings is 2.